The van der Waals surface area contributed by atoms with E-state index in [-0.39, 0.29) is 0 Å². The van der Waals surface area contributed by atoms with Crippen molar-refractivity contribution in [3.05, 3.63) is 35.7 Å². The van der Waals surface area contributed by atoms with Gasteiger partial charge in [0.25, 0.3) is 0 Å². The molecular weight excluding hydrogens is 280 g/mol. The largest absolute Gasteiger partial charge is 0.496 e. The molecule has 1 heterocycles. The predicted molar refractivity (Wildman–Crippen MR) is 87.3 cm³/mol. The number of nitrogen functional groups attached to an aromatic ring is 1. The highest BCUT2D eigenvalue weighted by Crippen LogP contribution is 2.27. The van der Waals surface area contributed by atoms with Gasteiger partial charge in [0.05, 0.1) is 13.7 Å². The number of para-hydroxylation sites is 1. The van der Waals surface area contributed by atoms with Crippen LogP contribution in [0.1, 0.15) is 25.2 Å². The summed E-state index contributed by atoms with van der Waals surface area (Å²) in [6.07, 6.45) is 0.712. The molecule has 0 aliphatic rings. The van der Waals surface area contributed by atoms with Gasteiger partial charge in [0.2, 0.25) is 5.88 Å². The number of nitrogens with two attached hydrogens (primary N) is 1. The molecule has 0 saturated carbocycles. The van der Waals surface area contributed by atoms with E-state index in [1.807, 2.05) is 38.1 Å². The summed E-state index contributed by atoms with van der Waals surface area (Å²) in [7, 11) is 1.65. The predicted octanol–water partition coefficient (Wildman–Crippen LogP) is 2.64. The van der Waals surface area contributed by atoms with Crippen LogP contribution >= 0.6 is 0 Å². The van der Waals surface area contributed by atoms with E-state index in [2.05, 4.69) is 15.3 Å². The number of rotatable bonds is 7. The highest BCUT2D eigenvalue weighted by molar-refractivity contribution is 5.67. The van der Waals surface area contributed by atoms with E-state index >= 15 is 0 Å². The molecule has 0 aliphatic heterocycles. The molecule has 0 spiro atoms. The smallest absolute Gasteiger partial charge is 0.242 e. The molecule has 22 heavy (non-hydrogen) atoms. The maximum absolute atomic E-state index is 6.08. The summed E-state index contributed by atoms with van der Waals surface area (Å²) in [5.74, 6) is 2.53. The van der Waals surface area contributed by atoms with E-state index in [1.165, 1.54) is 0 Å². The number of ether oxygens (including phenoxy) is 2. The summed E-state index contributed by atoms with van der Waals surface area (Å²) in [6, 6.07) is 7.81. The van der Waals surface area contributed by atoms with Gasteiger partial charge < -0.3 is 20.5 Å². The van der Waals surface area contributed by atoms with Gasteiger partial charge in [-0.1, -0.05) is 25.1 Å². The third-order valence-electron chi connectivity index (χ3n) is 3.19. The fourth-order valence-electron chi connectivity index (χ4n) is 2.06. The molecule has 0 fully saturated rings. The van der Waals surface area contributed by atoms with Gasteiger partial charge in [-0.2, -0.15) is 4.98 Å². The van der Waals surface area contributed by atoms with Crippen molar-refractivity contribution in [1.29, 1.82) is 0 Å². The molecule has 0 bridgehead atoms. The Balaban J connectivity index is 2.23. The Hall–Kier alpha value is -2.50. The van der Waals surface area contributed by atoms with E-state index in [9.17, 15) is 0 Å². The Labute approximate surface area is 130 Å². The standard InChI is InChI=1S/C16H22N4O2/c1-4-13-19-15(14(17)16(20-13)22-5-2)18-10-11-8-6-7-9-12(11)21-3/h6-9H,4-5,10,17H2,1-3H3,(H,18,19,20). The minimum atomic E-state index is 0.425. The second-order valence-corrected chi connectivity index (χ2v) is 4.66. The Bertz CT molecular complexity index is 632. The molecule has 0 aliphatic carbocycles. The lowest BCUT2D eigenvalue weighted by molar-refractivity contribution is 0.327. The van der Waals surface area contributed by atoms with Crippen molar-refractivity contribution in [1.82, 2.24) is 9.97 Å². The van der Waals surface area contributed by atoms with Crippen LogP contribution in [0.5, 0.6) is 11.6 Å². The Morgan fingerprint density at radius 1 is 1.18 bits per heavy atom. The molecule has 0 atom stereocenters. The number of methoxy groups -OCH3 is 1. The van der Waals surface area contributed by atoms with Gasteiger partial charge >= 0.3 is 0 Å². The van der Waals surface area contributed by atoms with Gasteiger partial charge in [0, 0.05) is 18.5 Å². The number of nitrogens with zero attached hydrogens (tertiary/aromatic N) is 2. The number of hydrogen-bond acceptors (Lipinski definition) is 6. The molecule has 0 saturated heterocycles. The first-order valence-corrected chi connectivity index (χ1v) is 7.34. The van der Waals surface area contributed by atoms with Crippen LogP contribution in [-0.4, -0.2) is 23.7 Å². The zero-order valence-electron chi connectivity index (χ0n) is 13.2. The lowest BCUT2D eigenvalue weighted by Gasteiger charge is -2.14. The number of benzene rings is 1. The fourth-order valence-corrected chi connectivity index (χ4v) is 2.06. The van der Waals surface area contributed by atoms with Crippen molar-refractivity contribution >= 4 is 11.5 Å². The first-order chi connectivity index (χ1) is 10.7. The average Bonchev–Trinajstić information content (AvgIpc) is 2.56. The monoisotopic (exact) mass is 302 g/mol. The van der Waals surface area contributed by atoms with Crippen LogP contribution in [0, 0.1) is 0 Å². The van der Waals surface area contributed by atoms with E-state index in [1.54, 1.807) is 7.11 Å². The Morgan fingerprint density at radius 3 is 2.64 bits per heavy atom. The van der Waals surface area contributed by atoms with Gasteiger partial charge in [-0.05, 0) is 13.0 Å². The second kappa shape index (κ2) is 7.49. The van der Waals surface area contributed by atoms with E-state index in [4.69, 9.17) is 15.2 Å². The average molecular weight is 302 g/mol. The second-order valence-electron chi connectivity index (χ2n) is 4.66. The van der Waals surface area contributed by atoms with E-state index in [0.29, 0.717) is 42.8 Å². The van der Waals surface area contributed by atoms with Crippen LogP contribution in [-0.2, 0) is 13.0 Å². The van der Waals surface area contributed by atoms with Crippen LogP contribution < -0.4 is 20.5 Å². The van der Waals surface area contributed by atoms with Crippen LogP contribution in [0.4, 0.5) is 11.5 Å². The molecule has 1 aromatic heterocycles. The highest BCUT2D eigenvalue weighted by Gasteiger charge is 2.12. The molecule has 118 valence electrons. The van der Waals surface area contributed by atoms with Crippen molar-refractivity contribution in [2.45, 2.75) is 26.8 Å². The van der Waals surface area contributed by atoms with Crippen molar-refractivity contribution in [2.24, 2.45) is 0 Å². The molecule has 3 N–H and O–H groups in total. The van der Waals surface area contributed by atoms with Gasteiger partial charge in [-0.3, -0.25) is 0 Å². The number of aryl methyl sites for hydroxylation is 1. The van der Waals surface area contributed by atoms with Crippen LogP contribution in [0.2, 0.25) is 0 Å². The van der Waals surface area contributed by atoms with Crippen molar-refractivity contribution in [3.8, 4) is 11.6 Å². The lowest BCUT2D eigenvalue weighted by Crippen LogP contribution is -2.11. The molecule has 1 aromatic carbocycles. The molecule has 2 rings (SSSR count). The lowest BCUT2D eigenvalue weighted by atomic mass is 10.2. The topological polar surface area (TPSA) is 82.3 Å². The third-order valence-corrected chi connectivity index (χ3v) is 3.19. The summed E-state index contributed by atoms with van der Waals surface area (Å²) in [4.78, 5) is 8.74. The Kier molecular flexibility index (Phi) is 5.41. The van der Waals surface area contributed by atoms with E-state index in [0.717, 1.165) is 11.3 Å². The first kappa shape index (κ1) is 15.9. The minimum Gasteiger partial charge on any atom is -0.496 e. The molecule has 6 nitrogen and oxygen atoms in total. The maximum atomic E-state index is 6.08. The van der Waals surface area contributed by atoms with Gasteiger partial charge in [0.15, 0.2) is 5.82 Å². The summed E-state index contributed by atoms with van der Waals surface area (Å²) >= 11 is 0. The highest BCUT2D eigenvalue weighted by atomic mass is 16.5. The summed E-state index contributed by atoms with van der Waals surface area (Å²) in [5, 5.41) is 3.24. The van der Waals surface area contributed by atoms with Gasteiger partial charge in [-0.25, -0.2) is 4.98 Å². The normalized spacial score (nSPS) is 10.3. The Morgan fingerprint density at radius 2 is 1.95 bits per heavy atom. The molecule has 0 radical (unpaired) electrons. The maximum Gasteiger partial charge on any atom is 0.242 e. The van der Waals surface area contributed by atoms with Crippen LogP contribution in [0.3, 0.4) is 0 Å². The number of nitrogens with one attached hydrogen (secondary N) is 1. The number of anilines is 2. The summed E-state index contributed by atoms with van der Waals surface area (Å²) in [6.45, 7) is 4.95. The quantitative estimate of drug-likeness (QED) is 0.818. The molecule has 0 unspecified atom stereocenters. The van der Waals surface area contributed by atoms with Gasteiger partial charge in [-0.15, -0.1) is 0 Å². The molecule has 2 aromatic rings. The van der Waals surface area contributed by atoms with Crippen LogP contribution in [0.25, 0.3) is 0 Å². The molecular formula is C16H22N4O2. The third kappa shape index (κ3) is 3.58. The van der Waals surface area contributed by atoms with Crippen molar-refractivity contribution in [2.75, 3.05) is 24.8 Å². The van der Waals surface area contributed by atoms with Crippen LogP contribution in [0.15, 0.2) is 24.3 Å². The van der Waals surface area contributed by atoms with E-state index < -0.39 is 0 Å². The van der Waals surface area contributed by atoms with Gasteiger partial charge in [0.1, 0.15) is 17.3 Å². The first-order valence-electron chi connectivity index (χ1n) is 7.34. The summed E-state index contributed by atoms with van der Waals surface area (Å²) in [5.41, 5.74) is 7.54. The van der Waals surface area contributed by atoms with Crippen molar-refractivity contribution < 1.29 is 9.47 Å². The number of aromatic nitrogens is 2. The molecule has 6 heteroatoms. The minimum absolute atomic E-state index is 0.425. The zero-order chi connectivity index (χ0) is 15.9. The molecule has 0 amide bonds. The number of hydrogen-bond donors (Lipinski definition) is 2. The van der Waals surface area contributed by atoms with Crippen molar-refractivity contribution in [3.63, 3.8) is 0 Å². The zero-order valence-corrected chi connectivity index (χ0v) is 13.2. The fraction of sp³-hybridized carbons (Fsp3) is 0.375. The summed E-state index contributed by atoms with van der Waals surface area (Å²) < 4.78 is 10.8. The SMILES string of the molecule is CCOc1nc(CC)nc(NCc2ccccc2OC)c1N.